The van der Waals surface area contributed by atoms with Crippen molar-refractivity contribution in [2.45, 2.75) is 39.2 Å². The lowest BCUT2D eigenvalue weighted by Gasteiger charge is -2.22. The highest BCUT2D eigenvalue weighted by molar-refractivity contribution is 8.15. The molecule has 0 saturated carbocycles. The van der Waals surface area contributed by atoms with Gasteiger partial charge in [0.1, 0.15) is 18.7 Å². The number of thioether (sulfide) groups is 1. The van der Waals surface area contributed by atoms with Crippen molar-refractivity contribution in [1.82, 2.24) is 14.8 Å². The molecule has 2 amide bonds. The minimum atomic E-state index is -4.79. The lowest BCUT2D eigenvalue weighted by molar-refractivity contribution is -0.274. The van der Waals surface area contributed by atoms with Crippen molar-refractivity contribution in [3.8, 4) is 22.8 Å². The number of hydrogen-bond donors (Lipinski definition) is 0. The number of aryl methyl sites for hydroxylation is 1. The fourth-order valence-corrected chi connectivity index (χ4v) is 5.38. The van der Waals surface area contributed by atoms with Gasteiger partial charge in [-0.1, -0.05) is 62.0 Å². The maximum atomic E-state index is 15.0. The van der Waals surface area contributed by atoms with E-state index in [1.807, 2.05) is 39.0 Å². The number of aliphatic imine (C=N–C) groups is 1. The van der Waals surface area contributed by atoms with E-state index in [0.717, 1.165) is 35.0 Å². The van der Waals surface area contributed by atoms with Crippen molar-refractivity contribution in [2.24, 2.45) is 4.99 Å². The van der Waals surface area contributed by atoms with Crippen molar-refractivity contribution in [1.29, 1.82) is 0 Å². The van der Waals surface area contributed by atoms with Crippen LogP contribution < -0.4 is 9.64 Å². The summed E-state index contributed by atoms with van der Waals surface area (Å²) >= 11 is 1.11. The number of carbonyl (C=O) groups is 2. The number of ether oxygens (including phenoxy) is 2. The quantitative estimate of drug-likeness (QED) is 0.183. The number of benzene rings is 3. The molecule has 234 valence electrons. The summed E-state index contributed by atoms with van der Waals surface area (Å²) in [7, 11) is 0. The molecule has 4 aromatic rings. The molecule has 1 aliphatic heterocycles. The molecule has 9 nitrogen and oxygen atoms in total. The van der Waals surface area contributed by atoms with Crippen LogP contribution in [-0.2, 0) is 9.53 Å². The predicted molar refractivity (Wildman–Crippen MR) is 161 cm³/mol. The average molecular weight is 642 g/mol. The zero-order chi connectivity index (χ0) is 32.3. The Kier molecular flexibility index (Phi) is 9.23. The standard InChI is InChI=1S/C31H27F4N5O4S/c1-18(2)24-13-4-19(3)14-26(24)40-27(41)16-45-29(40)37-30(42)43-15-25(32)20-5-7-21(8-6-20)28-36-17-39(38-28)22-9-11-23(12-10-22)44-31(33,34)35/h4-14,17-18,25H,15-16H2,1-3H3/b37-29-. The van der Waals surface area contributed by atoms with Crippen molar-refractivity contribution >= 4 is 34.6 Å². The van der Waals surface area contributed by atoms with E-state index in [-0.39, 0.29) is 34.1 Å². The van der Waals surface area contributed by atoms with E-state index in [9.17, 15) is 27.2 Å². The van der Waals surface area contributed by atoms with Crippen LogP contribution in [0.1, 0.15) is 42.6 Å². The molecular formula is C31H27F4N5O4S. The number of aromatic nitrogens is 3. The Balaban J connectivity index is 1.20. The van der Waals surface area contributed by atoms with Crippen LogP contribution in [0.25, 0.3) is 17.1 Å². The number of halogens is 4. The molecule has 1 fully saturated rings. The molecule has 1 aliphatic rings. The molecule has 45 heavy (non-hydrogen) atoms. The highest BCUT2D eigenvalue weighted by atomic mass is 32.2. The van der Waals surface area contributed by atoms with E-state index in [1.54, 1.807) is 12.1 Å². The minimum absolute atomic E-state index is 0.117. The Hall–Kier alpha value is -4.72. The number of hydrogen-bond acceptors (Lipinski definition) is 7. The van der Waals surface area contributed by atoms with Gasteiger partial charge in [-0.25, -0.2) is 18.9 Å². The minimum Gasteiger partial charge on any atom is -0.444 e. The molecule has 1 unspecified atom stereocenters. The van der Waals surface area contributed by atoms with E-state index < -0.39 is 25.2 Å². The van der Waals surface area contributed by atoms with Crippen molar-refractivity contribution < 1.29 is 36.6 Å². The monoisotopic (exact) mass is 641 g/mol. The Morgan fingerprint density at radius 3 is 2.44 bits per heavy atom. The third kappa shape index (κ3) is 7.69. The normalized spacial score (nSPS) is 15.2. The van der Waals surface area contributed by atoms with Crippen LogP contribution in [0.2, 0.25) is 0 Å². The highest BCUT2D eigenvalue weighted by Crippen LogP contribution is 2.34. The molecule has 0 N–H and O–H groups in total. The van der Waals surface area contributed by atoms with Gasteiger partial charge in [-0.15, -0.1) is 18.3 Å². The number of amides is 2. The van der Waals surface area contributed by atoms with Gasteiger partial charge in [-0.05, 0) is 59.9 Å². The van der Waals surface area contributed by atoms with E-state index >= 15 is 0 Å². The highest BCUT2D eigenvalue weighted by Gasteiger charge is 2.33. The largest absolute Gasteiger partial charge is 0.573 e. The molecule has 3 aromatic carbocycles. The molecule has 0 aliphatic carbocycles. The first-order chi connectivity index (χ1) is 21.4. The Morgan fingerprint density at radius 2 is 1.78 bits per heavy atom. The molecule has 1 aromatic heterocycles. The van der Waals surface area contributed by atoms with E-state index in [0.29, 0.717) is 22.8 Å². The Labute approximate surface area is 259 Å². The first kappa shape index (κ1) is 31.7. The summed E-state index contributed by atoms with van der Waals surface area (Å²) in [5.41, 5.74) is 3.79. The lowest BCUT2D eigenvalue weighted by atomic mass is 9.99. The van der Waals surface area contributed by atoms with Crippen LogP contribution in [0.15, 0.2) is 78.0 Å². The number of carbonyl (C=O) groups excluding carboxylic acids is 2. The van der Waals surface area contributed by atoms with Gasteiger partial charge in [0, 0.05) is 5.56 Å². The second-order valence-corrected chi connectivity index (χ2v) is 11.3. The van der Waals surface area contributed by atoms with Crippen LogP contribution in [0.4, 0.5) is 28.0 Å². The summed E-state index contributed by atoms with van der Waals surface area (Å²) in [5, 5.41) is 4.50. The molecule has 2 heterocycles. The molecule has 0 bridgehead atoms. The maximum Gasteiger partial charge on any atom is 0.573 e. The van der Waals surface area contributed by atoms with Gasteiger partial charge in [0.25, 0.3) is 0 Å². The second-order valence-electron chi connectivity index (χ2n) is 10.4. The van der Waals surface area contributed by atoms with Crippen LogP contribution in [0.5, 0.6) is 5.75 Å². The van der Waals surface area contributed by atoms with Crippen LogP contribution >= 0.6 is 11.8 Å². The molecule has 1 atom stereocenters. The van der Waals surface area contributed by atoms with Gasteiger partial charge < -0.3 is 9.47 Å². The first-order valence-corrected chi connectivity index (χ1v) is 14.7. The average Bonchev–Trinajstić information content (AvgIpc) is 3.62. The van der Waals surface area contributed by atoms with Crippen LogP contribution in [0.3, 0.4) is 0 Å². The number of nitrogens with zero attached hydrogens (tertiary/aromatic N) is 5. The number of rotatable bonds is 8. The van der Waals surface area contributed by atoms with Gasteiger partial charge in [0.2, 0.25) is 5.91 Å². The van der Waals surface area contributed by atoms with E-state index in [4.69, 9.17) is 4.74 Å². The smallest absolute Gasteiger partial charge is 0.444 e. The second kappa shape index (κ2) is 13.1. The molecule has 0 spiro atoms. The van der Waals surface area contributed by atoms with Crippen molar-refractivity contribution in [3.05, 3.63) is 89.7 Å². The first-order valence-electron chi connectivity index (χ1n) is 13.7. The van der Waals surface area contributed by atoms with Gasteiger partial charge in [0.05, 0.1) is 17.1 Å². The van der Waals surface area contributed by atoms with Crippen LogP contribution in [-0.4, -0.2) is 50.7 Å². The summed E-state index contributed by atoms with van der Waals surface area (Å²) in [6.45, 7) is 5.34. The molecular weight excluding hydrogens is 614 g/mol. The predicted octanol–water partition coefficient (Wildman–Crippen LogP) is 7.55. The van der Waals surface area contributed by atoms with Crippen LogP contribution in [0, 0.1) is 6.92 Å². The topological polar surface area (TPSA) is 98.9 Å². The third-order valence-electron chi connectivity index (χ3n) is 6.71. The van der Waals surface area contributed by atoms with Gasteiger partial charge in [-0.3, -0.25) is 9.69 Å². The summed E-state index contributed by atoms with van der Waals surface area (Å²) < 4.78 is 62.5. The summed E-state index contributed by atoms with van der Waals surface area (Å²) in [6.07, 6.45) is -6.06. The number of amidine groups is 1. The zero-order valence-electron chi connectivity index (χ0n) is 24.3. The molecule has 5 rings (SSSR count). The number of anilines is 1. The lowest BCUT2D eigenvalue weighted by Crippen LogP contribution is -2.31. The summed E-state index contributed by atoms with van der Waals surface area (Å²) in [4.78, 5) is 34.8. The molecule has 14 heteroatoms. The summed E-state index contributed by atoms with van der Waals surface area (Å²) in [6, 6.07) is 17.1. The summed E-state index contributed by atoms with van der Waals surface area (Å²) in [5.74, 6) is -0.0307. The Bertz CT molecular complexity index is 1720. The van der Waals surface area contributed by atoms with Crippen molar-refractivity contribution in [3.63, 3.8) is 0 Å². The molecule has 0 radical (unpaired) electrons. The fraction of sp³-hybridized carbons (Fsp3) is 0.258. The number of alkyl halides is 4. The molecule has 1 saturated heterocycles. The SMILES string of the molecule is Cc1ccc(C(C)C)c(N2C(=O)CS/C2=N\C(=O)OCC(F)c2ccc(-c3ncn(-c4ccc(OC(F)(F)F)cc4)n3)cc2)c1. The fourth-order valence-electron chi connectivity index (χ4n) is 4.53. The van der Waals surface area contributed by atoms with Crippen molar-refractivity contribution in [2.75, 3.05) is 17.3 Å². The van der Waals surface area contributed by atoms with Gasteiger partial charge in [0.15, 0.2) is 17.2 Å². The maximum absolute atomic E-state index is 15.0. The van der Waals surface area contributed by atoms with E-state index in [2.05, 4.69) is 19.8 Å². The van der Waals surface area contributed by atoms with Gasteiger partial charge in [-0.2, -0.15) is 4.99 Å². The van der Waals surface area contributed by atoms with E-state index in [1.165, 1.54) is 40.2 Å². The third-order valence-corrected chi connectivity index (χ3v) is 7.63. The zero-order valence-corrected chi connectivity index (χ0v) is 25.1. The van der Waals surface area contributed by atoms with Gasteiger partial charge >= 0.3 is 12.5 Å². The Morgan fingerprint density at radius 1 is 1.07 bits per heavy atom.